The minimum atomic E-state index is 0. The van der Waals surface area contributed by atoms with Crippen LogP contribution in [0.15, 0.2) is 35.6 Å². The van der Waals surface area contributed by atoms with E-state index in [-0.39, 0.29) is 24.0 Å². The number of aromatic nitrogens is 2. The Morgan fingerprint density at radius 1 is 1.38 bits per heavy atom. The molecule has 0 aliphatic carbocycles. The topological polar surface area (TPSA) is 54.2 Å². The van der Waals surface area contributed by atoms with E-state index in [1.165, 1.54) is 24.1 Å². The van der Waals surface area contributed by atoms with E-state index >= 15 is 0 Å². The highest BCUT2D eigenvalue weighted by atomic mass is 127. The third-order valence-electron chi connectivity index (χ3n) is 4.14. The lowest BCUT2D eigenvalue weighted by molar-refractivity contribution is 0.635. The maximum atomic E-state index is 4.43. The predicted octanol–water partition coefficient (Wildman–Crippen LogP) is 3.11. The zero-order valence-electron chi connectivity index (χ0n) is 14.1. The molecule has 24 heavy (non-hydrogen) atoms. The Bertz CT molecular complexity index is 651. The van der Waals surface area contributed by atoms with Crippen molar-refractivity contribution >= 4 is 52.7 Å². The van der Waals surface area contributed by atoms with Crippen molar-refractivity contribution in [2.24, 2.45) is 4.99 Å². The highest BCUT2D eigenvalue weighted by Gasteiger charge is 2.15. The number of guanidine groups is 1. The van der Waals surface area contributed by atoms with Crippen LogP contribution < -0.4 is 10.6 Å². The maximum Gasteiger partial charge on any atom is 0.191 e. The number of hydrogen-bond donors (Lipinski definition) is 2. The molecule has 1 saturated heterocycles. The van der Waals surface area contributed by atoms with Gasteiger partial charge in [0.2, 0.25) is 0 Å². The first-order valence-corrected chi connectivity index (χ1v) is 9.37. The molecule has 5 nitrogen and oxygen atoms in total. The fourth-order valence-electron chi connectivity index (χ4n) is 2.88. The standard InChI is InChI=1S/C17H25N5S.HI/c1-18-17(20-12-14-6-4-11-23-14)19-9-5-10-22-13-21-15-7-2-3-8-16(15)22;/h2-3,7-8,13-14H,4-6,9-12H2,1H3,(H2,18,19,20);1H. The van der Waals surface area contributed by atoms with Gasteiger partial charge in [-0.15, -0.1) is 24.0 Å². The summed E-state index contributed by atoms with van der Waals surface area (Å²) in [6.07, 6.45) is 5.64. The minimum absolute atomic E-state index is 0. The lowest BCUT2D eigenvalue weighted by Gasteiger charge is -2.14. The number of fused-ring (bicyclic) bond motifs is 1. The molecule has 1 unspecified atom stereocenters. The van der Waals surface area contributed by atoms with Crippen LogP contribution >= 0.6 is 35.7 Å². The SMILES string of the molecule is CN=C(NCCCn1cnc2ccccc21)NCC1CCCS1.I. The van der Waals surface area contributed by atoms with Crippen molar-refractivity contribution in [1.82, 2.24) is 20.2 Å². The average Bonchev–Trinajstić information content (AvgIpc) is 3.24. The second kappa shape index (κ2) is 10.1. The van der Waals surface area contributed by atoms with Crippen LogP contribution in [0.4, 0.5) is 0 Å². The van der Waals surface area contributed by atoms with Crippen molar-refractivity contribution in [3.63, 3.8) is 0 Å². The van der Waals surface area contributed by atoms with Crippen molar-refractivity contribution in [3.8, 4) is 0 Å². The molecule has 0 saturated carbocycles. The number of benzene rings is 1. The Kier molecular flexibility index (Phi) is 8.17. The Morgan fingerprint density at radius 3 is 3.04 bits per heavy atom. The molecule has 2 heterocycles. The van der Waals surface area contributed by atoms with Gasteiger partial charge in [0.15, 0.2) is 5.96 Å². The van der Waals surface area contributed by atoms with Gasteiger partial charge >= 0.3 is 0 Å². The maximum absolute atomic E-state index is 4.43. The Hall–Kier alpha value is -0.960. The summed E-state index contributed by atoms with van der Waals surface area (Å²) in [5, 5.41) is 7.57. The molecule has 1 aromatic carbocycles. The second-order valence-electron chi connectivity index (χ2n) is 5.80. The van der Waals surface area contributed by atoms with E-state index in [0.717, 1.165) is 42.8 Å². The van der Waals surface area contributed by atoms with Gasteiger partial charge < -0.3 is 15.2 Å². The number of halogens is 1. The number of imidazole rings is 1. The molecular formula is C17H26IN5S. The number of nitrogens with zero attached hydrogens (tertiary/aromatic N) is 3. The summed E-state index contributed by atoms with van der Waals surface area (Å²) in [6.45, 7) is 2.88. The number of hydrogen-bond acceptors (Lipinski definition) is 3. The molecule has 2 aromatic rings. The van der Waals surface area contributed by atoms with Crippen molar-refractivity contribution in [1.29, 1.82) is 0 Å². The smallest absolute Gasteiger partial charge is 0.191 e. The first kappa shape index (κ1) is 19.4. The van der Waals surface area contributed by atoms with Crippen LogP contribution in [0.2, 0.25) is 0 Å². The normalized spacial score (nSPS) is 17.7. The number of aliphatic imine (C=N–C) groups is 1. The molecule has 1 fully saturated rings. The monoisotopic (exact) mass is 459 g/mol. The van der Waals surface area contributed by atoms with E-state index in [0.29, 0.717) is 0 Å². The fraction of sp³-hybridized carbons (Fsp3) is 0.529. The summed E-state index contributed by atoms with van der Waals surface area (Å²) < 4.78 is 2.21. The summed E-state index contributed by atoms with van der Waals surface area (Å²) >= 11 is 2.07. The van der Waals surface area contributed by atoms with Crippen molar-refractivity contribution in [3.05, 3.63) is 30.6 Å². The summed E-state index contributed by atoms with van der Waals surface area (Å²) in [6, 6.07) is 8.26. The number of thioether (sulfide) groups is 1. The highest BCUT2D eigenvalue weighted by Crippen LogP contribution is 2.25. The molecule has 132 valence electrons. The van der Waals surface area contributed by atoms with Crippen molar-refractivity contribution in [2.45, 2.75) is 31.1 Å². The molecule has 0 bridgehead atoms. The van der Waals surface area contributed by atoms with Crippen LogP contribution in [0.1, 0.15) is 19.3 Å². The average molecular weight is 459 g/mol. The summed E-state index contributed by atoms with van der Waals surface area (Å²) in [5.74, 6) is 2.21. The van der Waals surface area contributed by atoms with Gasteiger partial charge in [0.1, 0.15) is 0 Å². The molecular weight excluding hydrogens is 433 g/mol. The molecule has 1 aliphatic heterocycles. The highest BCUT2D eigenvalue weighted by molar-refractivity contribution is 14.0. The summed E-state index contributed by atoms with van der Waals surface area (Å²) in [7, 11) is 1.83. The number of para-hydroxylation sites is 2. The van der Waals surface area contributed by atoms with Crippen LogP contribution in [0.3, 0.4) is 0 Å². The largest absolute Gasteiger partial charge is 0.356 e. The molecule has 0 spiro atoms. The fourth-order valence-corrected chi connectivity index (χ4v) is 4.08. The van der Waals surface area contributed by atoms with Crippen LogP contribution in [0, 0.1) is 0 Å². The Morgan fingerprint density at radius 2 is 2.25 bits per heavy atom. The third-order valence-corrected chi connectivity index (χ3v) is 5.54. The van der Waals surface area contributed by atoms with Crippen molar-refractivity contribution < 1.29 is 0 Å². The van der Waals surface area contributed by atoms with E-state index in [4.69, 9.17) is 0 Å². The van der Waals surface area contributed by atoms with E-state index in [9.17, 15) is 0 Å². The minimum Gasteiger partial charge on any atom is -0.356 e. The van der Waals surface area contributed by atoms with Crippen LogP contribution in [-0.2, 0) is 6.54 Å². The van der Waals surface area contributed by atoms with E-state index < -0.39 is 0 Å². The molecule has 3 rings (SSSR count). The molecule has 1 aromatic heterocycles. The first-order chi connectivity index (χ1) is 11.4. The van der Waals surface area contributed by atoms with Crippen LogP contribution in [-0.4, -0.2) is 46.7 Å². The molecule has 7 heteroatoms. The van der Waals surface area contributed by atoms with Crippen LogP contribution in [0.25, 0.3) is 11.0 Å². The van der Waals surface area contributed by atoms with E-state index in [1.807, 2.05) is 19.4 Å². The Labute approximate surface area is 165 Å². The number of aryl methyl sites for hydroxylation is 1. The van der Waals surface area contributed by atoms with Gasteiger partial charge in [-0.25, -0.2) is 4.98 Å². The molecule has 0 radical (unpaired) electrons. The lowest BCUT2D eigenvalue weighted by atomic mass is 10.2. The first-order valence-electron chi connectivity index (χ1n) is 8.33. The molecule has 1 aliphatic rings. The predicted molar refractivity (Wildman–Crippen MR) is 115 cm³/mol. The molecule has 2 N–H and O–H groups in total. The number of rotatable bonds is 6. The quantitative estimate of drug-likeness (QED) is 0.302. The summed E-state index contributed by atoms with van der Waals surface area (Å²) in [5.41, 5.74) is 2.26. The second-order valence-corrected chi connectivity index (χ2v) is 7.20. The van der Waals surface area contributed by atoms with Gasteiger partial charge in [0.05, 0.1) is 17.4 Å². The van der Waals surface area contributed by atoms with Crippen LogP contribution in [0.5, 0.6) is 0 Å². The van der Waals surface area contributed by atoms with Gasteiger partial charge in [-0.3, -0.25) is 4.99 Å². The third kappa shape index (κ3) is 5.27. The zero-order valence-corrected chi connectivity index (χ0v) is 17.2. The van der Waals surface area contributed by atoms with Gasteiger partial charge in [-0.05, 0) is 37.1 Å². The molecule has 0 amide bonds. The lowest BCUT2D eigenvalue weighted by Crippen LogP contribution is -2.40. The van der Waals surface area contributed by atoms with Gasteiger partial charge in [-0.2, -0.15) is 11.8 Å². The Balaban J connectivity index is 0.00000208. The number of nitrogens with one attached hydrogen (secondary N) is 2. The van der Waals surface area contributed by atoms with E-state index in [1.54, 1.807) is 0 Å². The van der Waals surface area contributed by atoms with Gasteiger partial charge in [-0.1, -0.05) is 12.1 Å². The zero-order chi connectivity index (χ0) is 15.9. The van der Waals surface area contributed by atoms with Crippen molar-refractivity contribution in [2.75, 3.05) is 25.9 Å². The van der Waals surface area contributed by atoms with Gasteiger partial charge in [0, 0.05) is 31.9 Å². The van der Waals surface area contributed by atoms with E-state index in [2.05, 4.69) is 55.1 Å². The van der Waals surface area contributed by atoms with Gasteiger partial charge in [0.25, 0.3) is 0 Å². The summed E-state index contributed by atoms with van der Waals surface area (Å²) in [4.78, 5) is 8.73. The molecule has 1 atom stereocenters.